The van der Waals surface area contributed by atoms with Crippen LogP contribution in [0.4, 0.5) is 0 Å². The van der Waals surface area contributed by atoms with Gasteiger partial charge in [0.05, 0.1) is 13.7 Å². The number of rotatable bonds is 8. The molecule has 0 heterocycles. The first kappa shape index (κ1) is 16.7. The number of hydrogen-bond acceptors (Lipinski definition) is 4. The molecular formula is C18H21NO4. The summed E-state index contributed by atoms with van der Waals surface area (Å²) in [6.45, 7) is 2.81. The van der Waals surface area contributed by atoms with Gasteiger partial charge in [-0.3, -0.25) is 4.79 Å². The third kappa shape index (κ3) is 5.90. The lowest BCUT2D eigenvalue weighted by molar-refractivity contribution is -0.123. The van der Waals surface area contributed by atoms with Crippen molar-refractivity contribution in [3.63, 3.8) is 0 Å². The van der Waals surface area contributed by atoms with Crippen molar-refractivity contribution < 1.29 is 19.0 Å². The van der Waals surface area contributed by atoms with E-state index in [9.17, 15) is 4.79 Å². The molecule has 0 aliphatic heterocycles. The van der Waals surface area contributed by atoms with Crippen LogP contribution in [0.1, 0.15) is 5.56 Å². The van der Waals surface area contributed by atoms with E-state index in [-0.39, 0.29) is 12.5 Å². The van der Waals surface area contributed by atoms with Gasteiger partial charge in [0.15, 0.2) is 6.61 Å². The average molecular weight is 315 g/mol. The predicted molar refractivity (Wildman–Crippen MR) is 88.2 cm³/mol. The van der Waals surface area contributed by atoms with E-state index in [0.717, 1.165) is 5.75 Å². The molecule has 5 nitrogen and oxygen atoms in total. The van der Waals surface area contributed by atoms with Crippen molar-refractivity contribution in [3.05, 3.63) is 54.1 Å². The number of carbonyl (C=O) groups is 1. The Morgan fingerprint density at radius 3 is 2.48 bits per heavy atom. The Morgan fingerprint density at radius 1 is 1.00 bits per heavy atom. The molecule has 2 aromatic carbocycles. The first-order chi connectivity index (χ1) is 11.2. The van der Waals surface area contributed by atoms with Gasteiger partial charge in [-0.15, -0.1) is 0 Å². The molecule has 0 bridgehead atoms. The van der Waals surface area contributed by atoms with Gasteiger partial charge in [0.2, 0.25) is 0 Å². The van der Waals surface area contributed by atoms with Crippen LogP contribution >= 0.6 is 0 Å². The van der Waals surface area contributed by atoms with Crippen LogP contribution in [0.3, 0.4) is 0 Å². The van der Waals surface area contributed by atoms with Crippen molar-refractivity contribution >= 4 is 5.91 Å². The number of ether oxygens (including phenoxy) is 3. The number of nitrogens with one attached hydrogen (secondary N) is 1. The smallest absolute Gasteiger partial charge is 0.258 e. The lowest BCUT2D eigenvalue weighted by atomic mass is 10.2. The van der Waals surface area contributed by atoms with E-state index in [0.29, 0.717) is 24.7 Å². The summed E-state index contributed by atoms with van der Waals surface area (Å²) in [7, 11) is 1.58. The second-order valence-corrected chi connectivity index (χ2v) is 4.98. The van der Waals surface area contributed by atoms with E-state index in [1.807, 2.05) is 43.3 Å². The molecule has 1 N–H and O–H groups in total. The standard InChI is InChI=1S/C18H21NO4/c1-14-6-8-15(9-7-14)22-11-10-19-18(20)13-23-17-5-3-4-16(12-17)21-2/h3-9,12H,10-11,13H2,1-2H3,(H,19,20). The summed E-state index contributed by atoms with van der Waals surface area (Å²) in [5.41, 5.74) is 1.18. The van der Waals surface area contributed by atoms with Gasteiger partial charge in [0.25, 0.3) is 5.91 Å². The fourth-order valence-corrected chi connectivity index (χ4v) is 1.88. The van der Waals surface area contributed by atoms with Crippen LogP contribution in [0.25, 0.3) is 0 Å². The first-order valence-corrected chi connectivity index (χ1v) is 7.40. The number of benzene rings is 2. The highest BCUT2D eigenvalue weighted by atomic mass is 16.5. The SMILES string of the molecule is COc1cccc(OCC(=O)NCCOc2ccc(C)cc2)c1. The molecule has 0 saturated carbocycles. The second kappa shape index (κ2) is 8.68. The summed E-state index contributed by atoms with van der Waals surface area (Å²) in [5, 5.41) is 2.74. The molecule has 0 radical (unpaired) electrons. The molecule has 2 aromatic rings. The van der Waals surface area contributed by atoms with Crippen molar-refractivity contribution in [2.75, 3.05) is 26.9 Å². The van der Waals surface area contributed by atoms with Crippen molar-refractivity contribution in [1.82, 2.24) is 5.32 Å². The lowest BCUT2D eigenvalue weighted by Gasteiger charge is -2.09. The maximum atomic E-state index is 11.7. The van der Waals surface area contributed by atoms with Gasteiger partial charge in [-0.25, -0.2) is 0 Å². The number of hydrogen-bond donors (Lipinski definition) is 1. The van der Waals surface area contributed by atoms with Crippen molar-refractivity contribution in [3.8, 4) is 17.2 Å². The quantitative estimate of drug-likeness (QED) is 0.761. The zero-order valence-corrected chi connectivity index (χ0v) is 13.4. The number of amides is 1. The first-order valence-electron chi connectivity index (χ1n) is 7.40. The van der Waals surface area contributed by atoms with Crippen LogP contribution in [-0.2, 0) is 4.79 Å². The van der Waals surface area contributed by atoms with Gasteiger partial charge in [0.1, 0.15) is 23.9 Å². The number of aryl methyl sites for hydroxylation is 1. The van der Waals surface area contributed by atoms with E-state index in [1.165, 1.54) is 5.56 Å². The predicted octanol–water partition coefficient (Wildman–Crippen LogP) is 2.58. The van der Waals surface area contributed by atoms with Gasteiger partial charge in [-0.1, -0.05) is 23.8 Å². The minimum absolute atomic E-state index is 0.0439. The molecule has 0 aliphatic rings. The van der Waals surface area contributed by atoms with E-state index in [1.54, 1.807) is 19.2 Å². The van der Waals surface area contributed by atoms with E-state index < -0.39 is 0 Å². The molecule has 0 spiro atoms. The van der Waals surface area contributed by atoms with Crippen LogP contribution in [0.5, 0.6) is 17.2 Å². The van der Waals surface area contributed by atoms with Crippen molar-refractivity contribution in [2.24, 2.45) is 0 Å². The van der Waals surface area contributed by atoms with E-state index in [2.05, 4.69) is 5.32 Å². The summed E-state index contributed by atoms with van der Waals surface area (Å²) in [6, 6.07) is 14.9. The zero-order valence-electron chi connectivity index (χ0n) is 13.4. The normalized spacial score (nSPS) is 10.0. The Kier molecular flexibility index (Phi) is 6.29. The second-order valence-electron chi connectivity index (χ2n) is 4.98. The van der Waals surface area contributed by atoms with Gasteiger partial charge < -0.3 is 19.5 Å². The van der Waals surface area contributed by atoms with Gasteiger partial charge in [-0.05, 0) is 31.2 Å². The van der Waals surface area contributed by atoms with Crippen LogP contribution in [0.2, 0.25) is 0 Å². The Bertz CT molecular complexity index is 625. The van der Waals surface area contributed by atoms with Gasteiger partial charge in [-0.2, -0.15) is 0 Å². The average Bonchev–Trinajstić information content (AvgIpc) is 2.58. The molecule has 0 fully saturated rings. The van der Waals surface area contributed by atoms with Crippen molar-refractivity contribution in [1.29, 1.82) is 0 Å². The van der Waals surface area contributed by atoms with Crippen LogP contribution < -0.4 is 19.5 Å². The Balaban J connectivity index is 1.64. The Labute approximate surface area is 136 Å². The molecule has 122 valence electrons. The van der Waals surface area contributed by atoms with Crippen LogP contribution in [0.15, 0.2) is 48.5 Å². The number of methoxy groups -OCH3 is 1. The molecule has 0 unspecified atom stereocenters. The van der Waals surface area contributed by atoms with Gasteiger partial charge >= 0.3 is 0 Å². The monoisotopic (exact) mass is 315 g/mol. The highest BCUT2D eigenvalue weighted by Gasteiger charge is 2.03. The molecular weight excluding hydrogens is 294 g/mol. The molecule has 0 saturated heterocycles. The van der Waals surface area contributed by atoms with Crippen LogP contribution in [-0.4, -0.2) is 32.8 Å². The molecule has 2 rings (SSSR count). The topological polar surface area (TPSA) is 56.8 Å². The molecule has 1 amide bonds. The fourth-order valence-electron chi connectivity index (χ4n) is 1.88. The summed E-state index contributed by atoms with van der Waals surface area (Å²) in [5.74, 6) is 1.88. The summed E-state index contributed by atoms with van der Waals surface area (Å²) in [6.07, 6.45) is 0. The molecule has 0 aromatic heterocycles. The number of carbonyl (C=O) groups excluding carboxylic acids is 1. The summed E-state index contributed by atoms with van der Waals surface area (Å²) in [4.78, 5) is 11.7. The fraction of sp³-hybridized carbons (Fsp3) is 0.278. The molecule has 5 heteroatoms. The maximum absolute atomic E-state index is 11.7. The summed E-state index contributed by atoms with van der Waals surface area (Å²) < 4.78 is 16.0. The largest absolute Gasteiger partial charge is 0.497 e. The lowest BCUT2D eigenvalue weighted by Crippen LogP contribution is -2.32. The third-order valence-electron chi connectivity index (χ3n) is 3.13. The molecule has 0 aliphatic carbocycles. The Morgan fingerprint density at radius 2 is 1.74 bits per heavy atom. The minimum Gasteiger partial charge on any atom is -0.497 e. The molecule has 23 heavy (non-hydrogen) atoms. The highest BCUT2D eigenvalue weighted by molar-refractivity contribution is 5.77. The molecule has 0 atom stereocenters. The zero-order chi connectivity index (χ0) is 16.5. The van der Waals surface area contributed by atoms with Crippen molar-refractivity contribution in [2.45, 2.75) is 6.92 Å². The highest BCUT2D eigenvalue weighted by Crippen LogP contribution is 2.18. The minimum atomic E-state index is -0.194. The maximum Gasteiger partial charge on any atom is 0.258 e. The van der Waals surface area contributed by atoms with E-state index >= 15 is 0 Å². The third-order valence-corrected chi connectivity index (χ3v) is 3.13. The van der Waals surface area contributed by atoms with Crippen LogP contribution in [0, 0.1) is 6.92 Å². The summed E-state index contributed by atoms with van der Waals surface area (Å²) >= 11 is 0. The van der Waals surface area contributed by atoms with E-state index in [4.69, 9.17) is 14.2 Å². The van der Waals surface area contributed by atoms with Gasteiger partial charge in [0, 0.05) is 6.07 Å². The Hall–Kier alpha value is -2.69.